The van der Waals surface area contributed by atoms with Crippen molar-refractivity contribution in [3.05, 3.63) is 58.7 Å². The lowest BCUT2D eigenvalue weighted by molar-refractivity contribution is 0.0740. The maximum Gasteiger partial charge on any atom is 0.264 e. The third-order valence-electron chi connectivity index (χ3n) is 5.39. The van der Waals surface area contributed by atoms with Gasteiger partial charge >= 0.3 is 0 Å². The van der Waals surface area contributed by atoms with E-state index in [9.17, 15) is 9.18 Å². The number of benzene rings is 2. The lowest BCUT2D eigenvalue weighted by atomic mass is 10.0. The second-order valence-electron chi connectivity index (χ2n) is 7.18. The number of nitrogens with zero attached hydrogens (tertiary/aromatic N) is 1. The molecule has 4 nitrogen and oxygen atoms in total. The number of amides is 1. The van der Waals surface area contributed by atoms with Crippen LogP contribution in [0.3, 0.4) is 0 Å². The zero-order chi connectivity index (χ0) is 19.1. The van der Waals surface area contributed by atoms with E-state index in [1.54, 1.807) is 12.1 Å². The maximum absolute atomic E-state index is 14.0. The molecule has 0 saturated carbocycles. The van der Waals surface area contributed by atoms with Crippen molar-refractivity contribution in [3.63, 3.8) is 0 Å². The molecule has 0 radical (unpaired) electrons. The SMILES string of the molecule is O=C(c1cc2c(F)cccc2s1)N1CCC[C@@H]1c1ccc2c(c1)OCCCO2. The Balaban J connectivity index is 1.45. The molecule has 28 heavy (non-hydrogen) atoms. The van der Waals surface area contributed by atoms with Crippen LogP contribution in [-0.2, 0) is 0 Å². The molecule has 6 heteroatoms. The third-order valence-corrected chi connectivity index (χ3v) is 6.48. The number of likely N-dealkylation sites (tertiary alicyclic amines) is 1. The molecule has 1 aromatic heterocycles. The highest BCUT2D eigenvalue weighted by Gasteiger charge is 2.32. The first kappa shape index (κ1) is 17.5. The normalized spacial score (nSPS) is 19.0. The molecule has 1 amide bonds. The van der Waals surface area contributed by atoms with Crippen molar-refractivity contribution in [3.8, 4) is 11.5 Å². The Hall–Kier alpha value is -2.60. The Bertz CT molecular complexity index is 1050. The zero-order valence-corrected chi connectivity index (χ0v) is 16.1. The van der Waals surface area contributed by atoms with E-state index in [0.717, 1.165) is 41.0 Å². The van der Waals surface area contributed by atoms with Crippen molar-refractivity contribution in [2.24, 2.45) is 0 Å². The van der Waals surface area contributed by atoms with Crippen LogP contribution in [-0.4, -0.2) is 30.6 Å². The van der Waals surface area contributed by atoms with Gasteiger partial charge in [0.1, 0.15) is 5.82 Å². The summed E-state index contributed by atoms with van der Waals surface area (Å²) in [5.74, 6) is 1.19. The molecule has 0 bridgehead atoms. The fraction of sp³-hybridized carbons (Fsp3) is 0.318. The van der Waals surface area contributed by atoms with Gasteiger partial charge in [-0.3, -0.25) is 4.79 Å². The van der Waals surface area contributed by atoms with Gasteiger partial charge in [-0.05, 0) is 48.7 Å². The van der Waals surface area contributed by atoms with Gasteiger partial charge in [-0.1, -0.05) is 12.1 Å². The van der Waals surface area contributed by atoms with E-state index < -0.39 is 0 Å². The Kier molecular flexibility index (Phi) is 4.43. The molecular formula is C22H20FNO3S. The van der Waals surface area contributed by atoms with Crippen molar-refractivity contribution in [1.29, 1.82) is 0 Å². The number of hydrogen-bond donors (Lipinski definition) is 0. The molecule has 1 fully saturated rings. The van der Waals surface area contributed by atoms with E-state index in [4.69, 9.17) is 9.47 Å². The minimum atomic E-state index is -0.284. The van der Waals surface area contributed by atoms with Crippen LogP contribution in [0.5, 0.6) is 11.5 Å². The summed E-state index contributed by atoms with van der Waals surface area (Å²) in [4.78, 5) is 15.7. The molecule has 2 aliphatic heterocycles. The third kappa shape index (κ3) is 3.02. The number of fused-ring (bicyclic) bond motifs is 2. The number of rotatable bonds is 2. The van der Waals surface area contributed by atoms with Gasteiger partial charge in [0.15, 0.2) is 11.5 Å². The Morgan fingerprint density at radius 2 is 1.93 bits per heavy atom. The maximum atomic E-state index is 14.0. The number of ether oxygens (including phenoxy) is 2. The summed E-state index contributed by atoms with van der Waals surface area (Å²) in [6.45, 7) is 1.99. The van der Waals surface area contributed by atoms with Crippen LogP contribution in [0, 0.1) is 5.82 Å². The lowest BCUT2D eigenvalue weighted by Gasteiger charge is -2.25. The highest BCUT2D eigenvalue weighted by atomic mass is 32.1. The van der Waals surface area contributed by atoms with Gasteiger partial charge in [0, 0.05) is 23.1 Å². The summed E-state index contributed by atoms with van der Waals surface area (Å²) in [6, 6.07) is 12.6. The Morgan fingerprint density at radius 1 is 1.07 bits per heavy atom. The first-order valence-electron chi connectivity index (χ1n) is 9.59. The van der Waals surface area contributed by atoms with Crippen LogP contribution < -0.4 is 9.47 Å². The molecule has 0 N–H and O–H groups in total. The molecule has 1 atom stereocenters. The highest BCUT2D eigenvalue weighted by Crippen LogP contribution is 2.39. The first-order chi connectivity index (χ1) is 13.7. The quantitative estimate of drug-likeness (QED) is 0.598. The van der Waals surface area contributed by atoms with E-state index >= 15 is 0 Å². The van der Waals surface area contributed by atoms with Crippen LogP contribution in [0.15, 0.2) is 42.5 Å². The molecule has 2 aromatic carbocycles. The van der Waals surface area contributed by atoms with Crippen LogP contribution >= 0.6 is 11.3 Å². The van der Waals surface area contributed by atoms with Gasteiger partial charge in [-0.25, -0.2) is 4.39 Å². The molecule has 3 aromatic rings. The van der Waals surface area contributed by atoms with Gasteiger partial charge in [0.05, 0.1) is 24.1 Å². The predicted octanol–water partition coefficient (Wildman–Crippen LogP) is 5.18. The Morgan fingerprint density at radius 3 is 2.79 bits per heavy atom. The Labute approximate surface area is 166 Å². The number of thiophene rings is 1. The van der Waals surface area contributed by atoms with Crippen LogP contribution in [0.2, 0.25) is 0 Å². The van der Waals surface area contributed by atoms with E-state index in [0.29, 0.717) is 30.0 Å². The van der Waals surface area contributed by atoms with E-state index in [-0.39, 0.29) is 17.8 Å². The zero-order valence-electron chi connectivity index (χ0n) is 15.3. The summed E-state index contributed by atoms with van der Waals surface area (Å²) < 4.78 is 26.4. The van der Waals surface area contributed by atoms with Gasteiger partial charge in [-0.2, -0.15) is 0 Å². The van der Waals surface area contributed by atoms with Crippen molar-refractivity contribution in [1.82, 2.24) is 4.90 Å². The van der Waals surface area contributed by atoms with Crippen LogP contribution in [0.1, 0.15) is 40.5 Å². The van der Waals surface area contributed by atoms with Crippen LogP contribution in [0.4, 0.5) is 4.39 Å². The summed E-state index contributed by atoms with van der Waals surface area (Å²) in [5, 5.41) is 0.516. The molecule has 0 aliphatic carbocycles. The molecule has 3 heterocycles. The summed E-state index contributed by atoms with van der Waals surface area (Å²) in [5.41, 5.74) is 1.06. The molecule has 5 rings (SSSR count). The molecule has 0 unspecified atom stereocenters. The van der Waals surface area contributed by atoms with Gasteiger partial charge in [0.2, 0.25) is 0 Å². The summed E-state index contributed by atoms with van der Waals surface area (Å²) in [6.07, 6.45) is 2.72. The van der Waals surface area contributed by atoms with Crippen molar-refractivity contribution in [2.45, 2.75) is 25.3 Å². The smallest absolute Gasteiger partial charge is 0.264 e. The number of halogens is 1. The van der Waals surface area contributed by atoms with E-state index in [1.807, 2.05) is 29.2 Å². The average Bonchev–Trinajstić information content (AvgIpc) is 3.30. The second-order valence-corrected chi connectivity index (χ2v) is 8.26. The molecular weight excluding hydrogens is 377 g/mol. The monoisotopic (exact) mass is 397 g/mol. The average molecular weight is 397 g/mol. The van der Waals surface area contributed by atoms with Gasteiger partial charge < -0.3 is 14.4 Å². The van der Waals surface area contributed by atoms with E-state index in [2.05, 4.69) is 0 Å². The molecule has 144 valence electrons. The van der Waals surface area contributed by atoms with Crippen LogP contribution in [0.25, 0.3) is 10.1 Å². The van der Waals surface area contributed by atoms with Crippen molar-refractivity contribution >= 4 is 27.3 Å². The largest absolute Gasteiger partial charge is 0.490 e. The number of hydrogen-bond acceptors (Lipinski definition) is 4. The van der Waals surface area contributed by atoms with Crippen molar-refractivity contribution in [2.75, 3.05) is 19.8 Å². The molecule has 2 aliphatic rings. The summed E-state index contributed by atoms with van der Waals surface area (Å²) >= 11 is 1.35. The minimum absolute atomic E-state index is 0.000266. The minimum Gasteiger partial charge on any atom is -0.490 e. The standard InChI is InChI=1S/C22H20FNO3S/c23-16-4-1-6-20-15(16)13-21(28-20)22(25)24-9-2-5-17(24)14-7-8-18-19(12-14)27-11-3-10-26-18/h1,4,6-8,12-13,17H,2-3,5,9-11H2/t17-/m1/s1. The second kappa shape index (κ2) is 7.09. The lowest BCUT2D eigenvalue weighted by Crippen LogP contribution is -2.29. The topological polar surface area (TPSA) is 38.8 Å². The van der Waals surface area contributed by atoms with E-state index in [1.165, 1.54) is 17.4 Å². The first-order valence-corrected chi connectivity index (χ1v) is 10.4. The number of carbonyl (C=O) groups excluding carboxylic acids is 1. The fourth-order valence-electron chi connectivity index (χ4n) is 4.02. The van der Waals surface area contributed by atoms with Crippen molar-refractivity contribution < 1.29 is 18.7 Å². The highest BCUT2D eigenvalue weighted by molar-refractivity contribution is 7.20. The molecule has 0 spiro atoms. The van der Waals surface area contributed by atoms with Gasteiger partial charge in [0.25, 0.3) is 5.91 Å². The summed E-state index contributed by atoms with van der Waals surface area (Å²) in [7, 11) is 0. The predicted molar refractivity (Wildman–Crippen MR) is 107 cm³/mol. The fourth-order valence-corrected chi connectivity index (χ4v) is 5.05. The molecule has 1 saturated heterocycles. The van der Waals surface area contributed by atoms with Gasteiger partial charge in [-0.15, -0.1) is 11.3 Å². The number of carbonyl (C=O) groups is 1.